The van der Waals surface area contributed by atoms with Crippen molar-refractivity contribution < 1.29 is 9.59 Å². The molecule has 2 atom stereocenters. The van der Waals surface area contributed by atoms with E-state index in [4.69, 9.17) is 5.73 Å². The van der Waals surface area contributed by atoms with Crippen molar-refractivity contribution in [1.29, 1.82) is 0 Å². The summed E-state index contributed by atoms with van der Waals surface area (Å²) in [6.45, 7) is 6.14. The number of nitrogens with zero attached hydrogens (tertiary/aromatic N) is 2. The first-order chi connectivity index (χ1) is 9.00. The molecule has 2 amide bonds. The van der Waals surface area contributed by atoms with Gasteiger partial charge in [-0.1, -0.05) is 13.8 Å². The van der Waals surface area contributed by atoms with Gasteiger partial charge in [0.15, 0.2) is 0 Å². The van der Waals surface area contributed by atoms with E-state index in [2.05, 4.69) is 0 Å². The minimum Gasteiger partial charge on any atom is -0.339 e. The second kappa shape index (κ2) is 7.27. The van der Waals surface area contributed by atoms with Crippen LogP contribution in [-0.4, -0.2) is 53.3 Å². The number of hydrogen-bond acceptors (Lipinski definition) is 3. The Bertz CT molecular complexity index is 362. The quantitative estimate of drug-likeness (QED) is 0.846. The number of piperidine rings is 1. The summed E-state index contributed by atoms with van der Waals surface area (Å²) < 4.78 is 0. The van der Waals surface area contributed by atoms with E-state index in [1.54, 1.807) is 4.90 Å². The van der Waals surface area contributed by atoms with Gasteiger partial charge >= 0.3 is 0 Å². The SMILES string of the molecule is CC(C)C(C(=O)N1CCCC(N)C1)N1CCCC1=O.Cl. The second-order valence-electron chi connectivity index (χ2n) is 6.07. The predicted molar refractivity (Wildman–Crippen MR) is 80.6 cm³/mol. The van der Waals surface area contributed by atoms with E-state index in [0.717, 1.165) is 25.8 Å². The fraction of sp³-hybridized carbons (Fsp3) is 0.857. The number of rotatable bonds is 3. The number of hydrogen-bond donors (Lipinski definition) is 1. The molecule has 0 aromatic rings. The van der Waals surface area contributed by atoms with Gasteiger partial charge in [0, 0.05) is 32.1 Å². The Morgan fingerprint density at radius 1 is 1.30 bits per heavy atom. The maximum absolute atomic E-state index is 12.7. The molecule has 2 aliphatic heterocycles. The summed E-state index contributed by atoms with van der Waals surface area (Å²) in [7, 11) is 0. The third-order valence-corrected chi connectivity index (χ3v) is 4.10. The van der Waals surface area contributed by atoms with E-state index in [0.29, 0.717) is 19.5 Å². The van der Waals surface area contributed by atoms with Crippen molar-refractivity contribution in [3.63, 3.8) is 0 Å². The van der Waals surface area contributed by atoms with Crippen LogP contribution in [0.4, 0.5) is 0 Å². The molecule has 5 nitrogen and oxygen atoms in total. The van der Waals surface area contributed by atoms with E-state index < -0.39 is 0 Å². The molecule has 0 radical (unpaired) electrons. The highest BCUT2D eigenvalue weighted by atomic mass is 35.5. The van der Waals surface area contributed by atoms with Crippen molar-refractivity contribution in [2.24, 2.45) is 11.7 Å². The van der Waals surface area contributed by atoms with Gasteiger partial charge < -0.3 is 15.5 Å². The minimum absolute atomic E-state index is 0. The number of amides is 2. The summed E-state index contributed by atoms with van der Waals surface area (Å²) in [4.78, 5) is 28.2. The molecule has 116 valence electrons. The van der Waals surface area contributed by atoms with Crippen LogP contribution in [0.3, 0.4) is 0 Å². The van der Waals surface area contributed by atoms with Crippen molar-refractivity contribution in [3.8, 4) is 0 Å². The lowest BCUT2D eigenvalue weighted by molar-refractivity contribution is -0.146. The molecule has 0 aromatic heterocycles. The summed E-state index contributed by atoms with van der Waals surface area (Å²) >= 11 is 0. The smallest absolute Gasteiger partial charge is 0.245 e. The summed E-state index contributed by atoms with van der Waals surface area (Å²) in [5.41, 5.74) is 5.95. The minimum atomic E-state index is -0.305. The van der Waals surface area contributed by atoms with Crippen LogP contribution < -0.4 is 5.73 Å². The molecule has 0 bridgehead atoms. The lowest BCUT2D eigenvalue weighted by atomic mass is 9.98. The summed E-state index contributed by atoms with van der Waals surface area (Å²) in [5.74, 6) is 0.349. The van der Waals surface area contributed by atoms with Crippen LogP contribution in [0.2, 0.25) is 0 Å². The van der Waals surface area contributed by atoms with E-state index in [1.807, 2.05) is 18.7 Å². The van der Waals surface area contributed by atoms with E-state index in [9.17, 15) is 9.59 Å². The highest BCUT2D eigenvalue weighted by Gasteiger charge is 2.37. The number of carbonyl (C=O) groups excluding carboxylic acids is 2. The monoisotopic (exact) mass is 303 g/mol. The van der Waals surface area contributed by atoms with Crippen LogP contribution >= 0.6 is 12.4 Å². The van der Waals surface area contributed by atoms with Gasteiger partial charge in [-0.2, -0.15) is 0 Å². The topological polar surface area (TPSA) is 66.6 Å². The molecule has 2 aliphatic rings. The summed E-state index contributed by atoms with van der Waals surface area (Å²) in [6.07, 6.45) is 3.40. The van der Waals surface area contributed by atoms with Crippen LogP contribution in [-0.2, 0) is 9.59 Å². The fourth-order valence-corrected chi connectivity index (χ4v) is 3.14. The molecule has 2 heterocycles. The third kappa shape index (κ3) is 3.64. The Balaban J connectivity index is 0.00000200. The number of nitrogens with two attached hydrogens (primary N) is 1. The first-order valence-corrected chi connectivity index (χ1v) is 7.34. The molecule has 2 rings (SSSR count). The highest BCUT2D eigenvalue weighted by molar-refractivity contribution is 5.89. The van der Waals surface area contributed by atoms with Gasteiger partial charge in [-0.25, -0.2) is 0 Å². The lowest BCUT2D eigenvalue weighted by Gasteiger charge is -2.37. The van der Waals surface area contributed by atoms with Gasteiger partial charge in [0.2, 0.25) is 11.8 Å². The Morgan fingerprint density at radius 2 is 2.00 bits per heavy atom. The van der Waals surface area contributed by atoms with E-state index in [1.165, 1.54) is 0 Å². The van der Waals surface area contributed by atoms with Gasteiger partial charge in [-0.05, 0) is 25.2 Å². The van der Waals surface area contributed by atoms with E-state index in [-0.39, 0.29) is 42.2 Å². The summed E-state index contributed by atoms with van der Waals surface area (Å²) in [5, 5.41) is 0. The van der Waals surface area contributed by atoms with Crippen LogP contribution in [0.15, 0.2) is 0 Å². The van der Waals surface area contributed by atoms with Gasteiger partial charge in [0.05, 0.1) is 0 Å². The zero-order valence-electron chi connectivity index (χ0n) is 12.4. The third-order valence-electron chi connectivity index (χ3n) is 4.10. The largest absolute Gasteiger partial charge is 0.339 e. The number of likely N-dealkylation sites (tertiary alicyclic amines) is 2. The Labute approximate surface area is 127 Å². The van der Waals surface area contributed by atoms with Crippen molar-refractivity contribution in [3.05, 3.63) is 0 Å². The van der Waals surface area contributed by atoms with Gasteiger partial charge in [0.25, 0.3) is 0 Å². The number of halogens is 1. The Morgan fingerprint density at radius 3 is 2.50 bits per heavy atom. The number of carbonyl (C=O) groups is 2. The molecule has 2 unspecified atom stereocenters. The molecule has 20 heavy (non-hydrogen) atoms. The normalized spacial score (nSPS) is 24.8. The molecule has 2 saturated heterocycles. The van der Waals surface area contributed by atoms with Crippen LogP contribution in [0.25, 0.3) is 0 Å². The Hall–Kier alpha value is -0.810. The predicted octanol–water partition coefficient (Wildman–Crippen LogP) is 1.00. The van der Waals surface area contributed by atoms with Gasteiger partial charge in [-0.3, -0.25) is 9.59 Å². The zero-order valence-corrected chi connectivity index (χ0v) is 13.2. The first-order valence-electron chi connectivity index (χ1n) is 7.34. The van der Waals surface area contributed by atoms with Crippen molar-refractivity contribution >= 4 is 24.2 Å². The van der Waals surface area contributed by atoms with Crippen molar-refractivity contribution in [2.45, 2.75) is 51.6 Å². The van der Waals surface area contributed by atoms with Crippen LogP contribution in [0.5, 0.6) is 0 Å². The fourth-order valence-electron chi connectivity index (χ4n) is 3.14. The van der Waals surface area contributed by atoms with Crippen LogP contribution in [0.1, 0.15) is 39.5 Å². The van der Waals surface area contributed by atoms with E-state index >= 15 is 0 Å². The maximum atomic E-state index is 12.7. The first kappa shape index (κ1) is 17.2. The molecular weight excluding hydrogens is 278 g/mol. The molecule has 0 spiro atoms. The molecule has 2 N–H and O–H groups in total. The average molecular weight is 304 g/mol. The summed E-state index contributed by atoms with van der Waals surface area (Å²) in [6, 6.07) is -0.222. The Kier molecular flexibility index (Phi) is 6.27. The zero-order chi connectivity index (χ0) is 14.0. The molecular formula is C14H26ClN3O2. The second-order valence-corrected chi connectivity index (χ2v) is 6.07. The maximum Gasteiger partial charge on any atom is 0.245 e. The molecule has 0 saturated carbocycles. The highest BCUT2D eigenvalue weighted by Crippen LogP contribution is 2.22. The average Bonchev–Trinajstić information content (AvgIpc) is 2.75. The molecule has 6 heteroatoms. The molecule has 0 aromatic carbocycles. The van der Waals surface area contributed by atoms with Gasteiger partial charge in [-0.15, -0.1) is 12.4 Å². The van der Waals surface area contributed by atoms with Crippen LogP contribution in [0, 0.1) is 5.92 Å². The van der Waals surface area contributed by atoms with Gasteiger partial charge in [0.1, 0.15) is 6.04 Å². The lowest BCUT2D eigenvalue weighted by Crippen LogP contribution is -2.55. The van der Waals surface area contributed by atoms with Crippen molar-refractivity contribution in [1.82, 2.24) is 9.80 Å². The molecule has 0 aliphatic carbocycles. The standard InChI is InChI=1S/C14H25N3O2.ClH/c1-10(2)13(17-8-4-6-12(17)18)14(19)16-7-3-5-11(15)9-16;/h10-11,13H,3-9,15H2,1-2H3;1H. The van der Waals surface area contributed by atoms with Crippen molar-refractivity contribution in [2.75, 3.05) is 19.6 Å². The molecule has 2 fully saturated rings.